The second-order valence-electron chi connectivity index (χ2n) is 26.6. The number of allylic oxidation sites excluding steroid dienone is 18. The molecule has 0 aliphatic heterocycles. The Labute approximate surface area is 619 Å². The minimum atomic E-state index is -4.98. The first-order chi connectivity index (χ1) is 49.7. The molecule has 0 spiro atoms. The quantitative estimate of drug-likeness (QED) is 0.0169. The van der Waals surface area contributed by atoms with Crippen molar-refractivity contribution >= 4 is 39.5 Å². The van der Waals surface area contributed by atoms with Crippen LogP contribution in [0.5, 0.6) is 0 Å². The predicted molar refractivity (Wildman–Crippen MR) is 418 cm³/mol. The van der Waals surface area contributed by atoms with Gasteiger partial charge in [0.1, 0.15) is 19.3 Å². The normalized spacial score (nSPS) is 14.5. The van der Waals surface area contributed by atoms with Gasteiger partial charge >= 0.3 is 39.5 Å². The first-order valence-electron chi connectivity index (χ1n) is 40.1. The van der Waals surface area contributed by atoms with Gasteiger partial charge in [-0.3, -0.25) is 37.3 Å². The average molecular weight is 1480 g/mol. The minimum Gasteiger partial charge on any atom is -0.462 e. The fourth-order valence-electron chi connectivity index (χ4n) is 10.7. The maximum atomic E-state index is 13.1. The summed E-state index contributed by atoms with van der Waals surface area (Å²) in [6, 6.07) is 0. The van der Waals surface area contributed by atoms with Gasteiger partial charge in [0.2, 0.25) is 0 Å². The molecule has 3 N–H and O–H groups in total. The van der Waals surface area contributed by atoms with Crippen LogP contribution in [0.2, 0.25) is 0 Å². The number of phosphoric ester groups is 2. The van der Waals surface area contributed by atoms with Crippen LogP contribution in [0.3, 0.4) is 0 Å². The molecule has 0 aromatic rings. The number of rotatable bonds is 75. The lowest BCUT2D eigenvalue weighted by Gasteiger charge is -2.21. The highest BCUT2D eigenvalue weighted by atomic mass is 31.2. The first kappa shape index (κ1) is 97.7. The summed E-state index contributed by atoms with van der Waals surface area (Å²) in [6.07, 6.45) is 80.6. The number of hydrogen-bond donors (Lipinski definition) is 3. The van der Waals surface area contributed by atoms with Gasteiger partial charge in [0, 0.05) is 25.7 Å². The zero-order valence-electron chi connectivity index (χ0n) is 64.3. The molecule has 0 bridgehead atoms. The summed E-state index contributed by atoms with van der Waals surface area (Å²) in [5.41, 5.74) is 0. The molecule has 5 unspecified atom stereocenters. The Morgan fingerprint density at radius 1 is 0.284 bits per heavy atom. The summed E-state index contributed by atoms with van der Waals surface area (Å²) in [5, 5.41) is 10.6. The fourth-order valence-corrected chi connectivity index (χ4v) is 12.2. The molecule has 0 saturated heterocycles. The van der Waals surface area contributed by atoms with E-state index < -0.39 is 97.5 Å². The highest BCUT2D eigenvalue weighted by Gasteiger charge is 2.30. The van der Waals surface area contributed by atoms with Crippen LogP contribution in [0.1, 0.15) is 336 Å². The fraction of sp³-hybridized carbons (Fsp3) is 0.735. The third-order valence-electron chi connectivity index (χ3n) is 16.7. The number of hydrogen-bond acceptors (Lipinski definition) is 15. The monoisotopic (exact) mass is 1470 g/mol. The molecule has 0 heterocycles. The van der Waals surface area contributed by atoms with Crippen LogP contribution in [0.25, 0.3) is 0 Å². The lowest BCUT2D eigenvalue weighted by atomic mass is 10.0. The number of esters is 4. The van der Waals surface area contributed by atoms with E-state index in [0.29, 0.717) is 25.7 Å². The largest absolute Gasteiger partial charge is 0.472 e. The van der Waals surface area contributed by atoms with Crippen molar-refractivity contribution in [3.63, 3.8) is 0 Å². The molecular weight excluding hydrogens is 1330 g/mol. The van der Waals surface area contributed by atoms with Crippen molar-refractivity contribution in [3.8, 4) is 0 Å². The van der Waals surface area contributed by atoms with E-state index in [1.807, 2.05) is 0 Å². The van der Waals surface area contributed by atoms with E-state index in [2.05, 4.69) is 137 Å². The van der Waals surface area contributed by atoms with Gasteiger partial charge in [-0.25, -0.2) is 9.13 Å². The van der Waals surface area contributed by atoms with Crippen molar-refractivity contribution in [1.29, 1.82) is 0 Å². The Morgan fingerprint density at radius 2 is 0.510 bits per heavy atom. The smallest absolute Gasteiger partial charge is 0.462 e. The molecule has 0 amide bonds. The number of ether oxygens (including phenoxy) is 4. The number of phosphoric acid groups is 2. The number of unbranched alkanes of at least 4 members (excludes halogenated alkanes) is 31. The molecule has 5 atom stereocenters. The van der Waals surface area contributed by atoms with Crippen molar-refractivity contribution in [2.24, 2.45) is 0 Å². The molecule has 0 saturated carbocycles. The first-order valence-corrected chi connectivity index (χ1v) is 43.1. The Kier molecular flexibility index (Phi) is 71.8. The minimum absolute atomic E-state index is 0.0742. The molecule has 19 heteroatoms. The third-order valence-corrected chi connectivity index (χ3v) is 18.6. The summed E-state index contributed by atoms with van der Waals surface area (Å²) >= 11 is 0. The van der Waals surface area contributed by atoms with Gasteiger partial charge < -0.3 is 33.8 Å². The molecule has 0 aromatic carbocycles. The highest BCUT2D eigenvalue weighted by molar-refractivity contribution is 7.47. The van der Waals surface area contributed by atoms with E-state index in [1.165, 1.54) is 83.5 Å². The standard InChI is InChI=1S/C83H144O17P2/c1-5-9-13-17-21-25-29-33-37-38-42-44-48-52-56-60-64-68-81(86)94-74-79(100-83(88)70-66-62-58-54-50-46-41-36-32-28-24-20-16-12-8-4)76-98-102(91,92)96-72-77(84)71-95-101(89,90)97-75-78(99-82(87)69-65-61-57-53-49-45-40-35-31-27-23-19-15-11-7-3)73-93-80(85)67-63-59-55-51-47-43-39-34-30-26-22-18-14-10-6-2/h9-10,13-14,21-23,25-27,33-35,37,39-40,42,44,77-79,84H,5-8,11-12,15-20,24,28-32,36,38,41,43,45-76H2,1-4H3,(H,89,90)(H,91,92)/b13-9-,14-10-,25-21-,26-22-,27-23-,37-33-,39-34-,40-35-,44-42-. The van der Waals surface area contributed by atoms with Gasteiger partial charge in [-0.05, 0) is 128 Å². The van der Waals surface area contributed by atoms with Crippen LogP contribution in [-0.4, -0.2) is 96.7 Å². The molecular formula is C83H144O17P2. The van der Waals surface area contributed by atoms with Crippen LogP contribution in [0, 0.1) is 0 Å². The zero-order chi connectivity index (χ0) is 74.6. The van der Waals surface area contributed by atoms with Gasteiger partial charge in [0.25, 0.3) is 0 Å². The van der Waals surface area contributed by atoms with E-state index in [1.54, 1.807) is 0 Å². The second-order valence-corrected chi connectivity index (χ2v) is 29.5. The molecule has 0 aromatic heterocycles. The third kappa shape index (κ3) is 74.0. The van der Waals surface area contributed by atoms with Gasteiger partial charge in [0.05, 0.1) is 26.4 Å². The Bertz CT molecular complexity index is 2360. The van der Waals surface area contributed by atoms with Gasteiger partial charge in [-0.1, -0.05) is 291 Å². The molecule has 588 valence electrons. The van der Waals surface area contributed by atoms with Crippen LogP contribution >= 0.6 is 15.6 Å². The second kappa shape index (κ2) is 75.0. The molecule has 0 aliphatic rings. The van der Waals surface area contributed by atoms with Crippen molar-refractivity contribution in [2.45, 2.75) is 354 Å². The van der Waals surface area contributed by atoms with E-state index in [9.17, 15) is 43.2 Å². The summed E-state index contributed by atoms with van der Waals surface area (Å²) in [4.78, 5) is 73.0. The number of carbonyl (C=O) groups is 4. The Balaban J connectivity index is 5.39. The summed E-state index contributed by atoms with van der Waals surface area (Å²) in [6.45, 7) is 4.60. The van der Waals surface area contributed by atoms with Crippen molar-refractivity contribution < 1.29 is 80.2 Å². The topological polar surface area (TPSA) is 237 Å². The number of carbonyl (C=O) groups excluding carboxylic acids is 4. The van der Waals surface area contributed by atoms with E-state index in [4.69, 9.17) is 37.0 Å². The van der Waals surface area contributed by atoms with Crippen LogP contribution in [0.15, 0.2) is 109 Å². The highest BCUT2D eigenvalue weighted by Crippen LogP contribution is 2.45. The predicted octanol–water partition coefficient (Wildman–Crippen LogP) is 23.3. The zero-order valence-corrected chi connectivity index (χ0v) is 66.0. The SMILES string of the molecule is CC/C=C\C/C=C\C/C=C\C/C=C\CCCCCCC(=O)OCC(COP(=O)(O)OCC(O)COP(=O)(O)OCC(COC(=O)CCCCCCC/C=C\C/C=C\C/C=C\CC)OC(=O)CCCCCCC/C=C\C/C=C\CCCCC)OC(=O)CCCCCCCCCCCCCCCCC. The molecule has 0 radical (unpaired) electrons. The number of aliphatic hydroxyl groups excluding tert-OH is 1. The van der Waals surface area contributed by atoms with Crippen molar-refractivity contribution in [2.75, 3.05) is 39.6 Å². The van der Waals surface area contributed by atoms with E-state index in [0.717, 1.165) is 173 Å². The lowest BCUT2D eigenvalue weighted by molar-refractivity contribution is -0.161. The molecule has 0 rings (SSSR count). The molecule has 0 aliphatic carbocycles. The number of aliphatic hydroxyl groups is 1. The Morgan fingerprint density at radius 3 is 0.804 bits per heavy atom. The van der Waals surface area contributed by atoms with E-state index in [-0.39, 0.29) is 25.7 Å². The summed E-state index contributed by atoms with van der Waals surface area (Å²) in [5.74, 6) is -2.22. The van der Waals surface area contributed by atoms with Crippen molar-refractivity contribution in [3.05, 3.63) is 109 Å². The van der Waals surface area contributed by atoms with Gasteiger partial charge in [0.15, 0.2) is 12.2 Å². The Hall–Kier alpha value is -4.28. The van der Waals surface area contributed by atoms with Crippen LogP contribution in [-0.2, 0) is 65.4 Å². The van der Waals surface area contributed by atoms with E-state index >= 15 is 0 Å². The molecule has 0 fully saturated rings. The van der Waals surface area contributed by atoms with Gasteiger partial charge in [-0.15, -0.1) is 0 Å². The summed E-state index contributed by atoms with van der Waals surface area (Å²) in [7, 11) is -9.97. The lowest BCUT2D eigenvalue weighted by Crippen LogP contribution is -2.30. The molecule has 17 nitrogen and oxygen atoms in total. The maximum Gasteiger partial charge on any atom is 0.472 e. The summed E-state index contributed by atoms with van der Waals surface area (Å²) < 4.78 is 68.6. The van der Waals surface area contributed by atoms with Crippen LogP contribution in [0.4, 0.5) is 0 Å². The van der Waals surface area contributed by atoms with Crippen molar-refractivity contribution in [1.82, 2.24) is 0 Å². The maximum absolute atomic E-state index is 13.1. The van der Waals surface area contributed by atoms with Gasteiger partial charge in [-0.2, -0.15) is 0 Å². The van der Waals surface area contributed by atoms with Crippen LogP contribution < -0.4 is 0 Å². The molecule has 102 heavy (non-hydrogen) atoms. The average Bonchev–Trinajstić information content (AvgIpc) is 0.923.